The van der Waals surface area contributed by atoms with Crippen LogP contribution in [0.2, 0.25) is 0 Å². The molecule has 0 saturated heterocycles. The molecule has 0 radical (unpaired) electrons. The van der Waals surface area contributed by atoms with E-state index in [1.165, 1.54) is 5.56 Å². The first-order valence-corrected chi connectivity index (χ1v) is 7.91. The average molecular weight is 443 g/mol. The van der Waals surface area contributed by atoms with E-state index in [9.17, 15) is 0 Å². The number of benzene rings is 1. The van der Waals surface area contributed by atoms with Crippen LogP contribution in [-0.2, 0) is 12.8 Å². The summed E-state index contributed by atoms with van der Waals surface area (Å²) in [6, 6.07) is 12.1. The van der Waals surface area contributed by atoms with Crippen LogP contribution in [0.1, 0.15) is 17.7 Å². The van der Waals surface area contributed by atoms with Crippen molar-refractivity contribution in [3.05, 3.63) is 54.0 Å². The van der Waals surface area contributed by atoms with Crippen LogP contribution in [0.25, 0.3) is 0 Å². The number of halogens is 1. The van der Waals surface area contributed by atoms with E-state index in [4.69, 9.17) is 9.15 Å². The monoisotopic (exact) mass is 443 g/mol. The predicted octanol–water partition coefficient (Wildman–Crippen LogP) is 3.25. The van der Waals surface area contributed by atoms with Gasteiger partial charge in [0, 0.05) is 26.6 Å². The molecule has 1 aromatic heterocycles. The molecule has 24 heavy (non-hydrogen) atoms. The number of ether oxygens (including phenoxy) is 1. The van der Waals surface area contributed by atoms with E-state index < -0.39 is 0 Å². The Morgan fingerprint density at radius 2 is 1.96 bits per heavy atom. The number of furan rings is 1. The maximum atomic E-state index is 5.30. The van der Waals surface area contributed by atoms with Crippen molar-refractivity contribution in [2.24, 2.45) is 4.99 Å². The molecule has 0 aliphatic rings. The molecule has 5 nitrogen and oxygen atoms in total. The van der Waals surface area contributed by atoms with Crippen LogP contribution >= 0.6 is 24.0 Å². The molecular weight excluding hydrogens is 417 g/mol. The number of methoxy groups -OCH3 is 1. The zero-order valence-electron chi connectivity index (χ0n) is 14.2. The van der Waals surface area contributed by atoms with Gasteiger partial charge in [0.05, 0.1) is 13.4 Å². The maximum absolute atomic E-state index is 5.30. The summed E-state index contributed by atoms with van der Waals surface area (Å²) in [4.78, 5) is 4.22. The average Bonchev–Trinajstić information content (AvgIpc) is 3.10. The first-order chi connectivity index (χ1) is 11.3. The minimum Gasteiger partial charge on any atom is -0.497 e. The lowest BCUT2D eigenvalue weighted by Crippen LogP contribution is -2.38. The fourth-order valence-corrected chi connectivity index (χ4v) is 2.31. The quantitative estimate of drug-likeness (QED) is 0.285. The van der Waals surface area contributed by atoms with Gasteiger partial charge >= 0.3 is 0 Å². The van der Waals surface area contributed by atoms with Crippen LogP contribution in [0.4, 0.5) is 0 Å². The van der Waals surface area contributed by atoms with Gasteiger partial charge in [-0.3, -0.25) is 4.99 Å². The maximum Gasteiger partial charge on any atom is 0.190 e. The van der Waals surface area contributed by atoms with Crippen molar-refractivity contribution in [2.75, 3.05) is 27.2 Å². The number of hydrogen-bond acceptors (Lipinski definition) is 3. The zero-order valence-corrected chi connectivity index (χ0v) is 16.6. The molecule has 2 rings (SSSR count). The van der Waals surface area contributed by atoms with Crippen molar-refractivity contribution < 1.29 is 9.15 Å². The smallest absolute Gasteiger partial charge is 0.190 e. The number of aryl methyl sites for hydroxylation is 1. The lowest BCUT2D eigenvalue weighted by atomic mass is 10.1. The number of nitrogens with one attached hydrogen (secondary N) is 2. The zero-order chi connectivity index (χ0) is 16.3. The summed E-state index contributed by atoms with van der Waals surface area (Å²) in [5.41, 5.74) is 1.28. The van der Waals surface area contributed by atoms with E-state index in [2.05, 4.69) is 27.8 Å². The van der Waals surface area contributed by atoms with Gasteiger partial charge in [-0.1, -0.05) is 12.1 Å². The molecule has 6 heteroatoms. The van der Waals surface area contributed by atoms with Crippen molar-refractivity contribution in [3.8, 4) is 5.75 Å². The second kappa shape index (κ2) is 11.8. The van der Waals surface area contributed by atoms with Crippen molar-refractivity contribution in [1.82, 2.24) is 10.6 Å². The Kier molecular flexibility index (Phi) is 9.98. The van der Waals surface area contributed by atoms with E-state index in [0.717, 1.165) is 49.8 Å². The summed E-state index contributed by atoms with van der Waals surface area (Å²) < 4.78 is 10.5. The largest absolute Gasteiger partial charge is 0.497 e. The highest BCUT2D eigenvalue weighted by molar-refractivity contribution is 14.0. The molecule has 0 unspecified atom stereocenters. The molecule has 0 amide bonds. The highest BCUT2D eigenvalue weighted by Gasteiger charge is 2.00. The van der Waals surface area contributed by atoms with E-state index >= 15 is 0 Å². The summed E-state index contributed by atoms with van der Waals surface area (Å²) in [5, 5.41) is 6.61. The minimum absolute atomic E-state index is 0. The fraction of sp³-hybridized carbons (Fsp3) is 0.389. The lowest BCUT2D eigenvalue weighted by molar-refractivity contribution is 0.414. The number of hydrogen-bond donors (Lipinski definition) is 2. The molecule has 0 aliphatic heterocycles. The highest BCUT2D eigenvalue weighted by Crippen LogP contribution is 2.13. The van der Waals surface area contributed by atoms with Gasteiger partial charge in [-0.2, -0.15) is 0 Å². The molecule has 0 spiro atoms. The van der Waals surface area contributed by atoms with Crippen molar-refractivity contribution in [1.29, 1.82) is 0 Å². The van der Waals surface area contributed by atoms with Crippen LogP contribution in [0.5, 0.6) is 5.75 Å². The van der Waals surface area contributed by atoms with Gasteiger partial charge in [0.1, 0.15) is 11.5 Å². The summed E-state index contributed by atoms with van der Waals surface area (Å²) in [6.45, 7) is 1.67. The Morgan fingerprint density at radius 3 is 2.67 bits per heavy atom. The molecular formula is C18H26IN3O2. The third-order valence-electron chi connectivity index (χ3n) is 3.54. The predicted molar refractivity (Wildman–Crippen MR) is 109 cm³/mol. The Hall–Kier alpha value is -1.70. The van der Waals surface area contributed by atoms with E-state index in [0.29, 0.717) is 0 Å². The minimum atomic E-state index is 0. The molecule has 0 fully saturated rings. The normalized spacial score (nSPS) is 10.8. The molecule has 0 saturated carbocycles. The Labute approximate surface area is 160 Å². The molecule has 2 N–H and O–H groups in total. The third kappa shape index (κ3) is 7.25. The van der Waals surface area contributed by atoms with Crippen LogP contribution in [0, 0.1) is 0 Å². The summed E-state index contributed by atoms with van der Waals surface area (Å²) in [5.74, 6) is 2.71. The van der Waals surface area contributed by atoms with Crippen LogP contribution in [0.15, 0.2) is 52.1 Å². The molecule has 132 valence electrons. The van der Waals surface area contributed by atoms with Gasteiger partial charge in [-0.15, -0.1) is 24.0 Å². The van der Waals surface area contributed by atoms with Gasteiger partial charge in [0.25, 0.3) is 0 Å². The first-order valence-electron chi connectivity index (χ1n) is 7.91. The van der Waals surface area contributed by atoms with Gasteiger partial charge < -0.3 is 19.8 Å². The molecule has 0 atom stereocenters. The molecule has 1 aromatic carbocycles. The van der Waals surface area contributed by atoms with Gasteiger partial charge in [0.2, 0.25) is 0 Å². The van der Waals surface area contributed by atoms with Crippen LogP contribution in [-0.4, -0.2) is 33.2 Å². The third-order valence-corrected chi connectivity index (χ3v) is 3.54. The van der Waals surface area contributed by atoms with Crippen LogP contribution < -0.4 is 15.4 Å². The van der Waals surface area contributed by atoms with Crippen molar-refractivity contribution in [3.63, 3.8) is 0 Å². The van der Waals surface area contributed by atoms with E-state index in [1.54, 1.807) is 20.4 Å². The fourth-order valence-electron chi connectivity index (χ4n) is 2.31. The SMILES string of the molecule is CN=C(NCCCc1cccc(OC)c1)NCCc1ccco1.I. The van der Waals surface area contributed by atoms with Crippen molar-refractivity contribution in [2.45, 2.75) is 19.3 Å². The molecule has 2 aromatic rings. The molecule has 1 heterocycles. The lowest BCUT2D eigenvalue weighted by Gasteiger charge is -2.11. The summed E-state index contributed by atoms with van der Waals surface area (Å²) in [6.07, 6.45) is 4.58. The Bertz CT molecular complexity index is 600. The van der Waals surface area contributed by atoms with Gasteiger partial charge in [-0.05, 0) is 42.7 Å². The second-order valence-corrected chi connectivity index (χ2v) is 5.21. The topological polar surface area (TPSA) is 58.8 Å². The standard InChI is InChI=1S/C18H25N3O2.HI/c1-19-18(21-12-10-16-9-5-13-23-16)20-11-4-7-15-6-3-8-17(14-15)22-2;/h3,5-6,8-9,13-14H,4,7,10-12H2,1-2H3,(H2,19,20,21);1H. The number of nitrogens with zero attached hydrogens (tertiary/aromatic N) is 1. The van der Waals surface area contributed by atoms with Crippen molar-refractivity contribution >= 4 is 29.9 Å². The summed E-state index contributed by atoms with van der Waals surface area (Å²) in [7, 11) is 3.48. The first kappa shape index (κ1) is 20.3. The van der Waals surface area contributed by atoms with Gasteiger partial charge in [0.15, 0.2) is 5.96 Å². The highest BCUT2D eigenvalue weighted by atomic mass is 127. The van der Waals surface area contributed by atoms with Crippen LogP contribution in [0.3, 0.4) is 0 Å². The second-order valence-electron chi connectivity index (χ2n) is 5.21. The number of guanidine groups is 1. The Balaban J connectivity index is 0.00000288. The molecule has 0 bridgehead atoms. The Morgan fingerprint density at radius 1 is 1.12 bits per heavy atom. The number of aliphatic imine (C=N–C) groups is 1. The molecule has 0 aliphatic carbocycles. The number of rotatable bonds is 8. The van der Waals surface area contributed by atoms with Gasteiger partial charge in [-0.25, -0.2) is 0 Å². The van der Waals surface area contributed by atoms with E-state index in [1.807, 2.05) is 24.3 Å². The summed E-state index contributed by atoms with van der Waals surface area (Å²) >= 11 is 0. The van der Waals surface area contributed by atoms with E-state index in [-0.39, 0.29) is 24.0 Å².